The number of carbonyl (C=O) groups is 2. The van der Waals surface area contributed by atoms with E-state index in [1.54, 1.807) is 17.0 Å². The Balaban J connectivity index is 1.83. The lowest BCUT2D eigenvalue weighted by atomic mass is 10.1. The number of halogens is 1. The van der Waals surface area contributed by atoms with E-state index in [9.17, 15) is 9.59 Å². The maximum absolute atomic E-state index is 12.9. The molecule has 0 spiro atoms. The Labute approximate surface area is 149 Å². The number of rotatable bonds is 5. The highest BCUT2D eigenvalue weighted by Crippen LogP contribution is 2.36. The third kappa shape index (κ3) is 3.36. The van der Waals surface area contributed by atoms with E-state index in [-0.39, 0.29) is 11.8 Å². The van der Waals surface area contributed by atoms with Gasteiger partial charge in [0.1, 0.15) is 22.0 Å². The highest BCUT2D eigenvalue weighted by molar-refractivity contribution is 9.10. The first-order valence-corrected chi connectivity index (χ1v) is 8.87. The van der Waals surface area contributed by atoms with Crippen LogP contribution in [0, 0.1) is 0 Å². The molecule has 0 radical (unpaired) electrons. The Morgan fingerprint density at radius 3 is 2.33 bits per heavy atom. The van der Waals surface area contributed by atoms with E-state index in [2.05, 4.69) is 21.2 Å². The number of nitrogens with zero attached hydrogens (tertiary/aromatic N) is 1. The van der Waals surface area contributed by atoms with Crippen LogP contribution in [0.2, 0.25) is 0 Å². The second kappa shape index (κ2) is 7.01. The summed E-state index contributed by atoms with van der Waals surface area (Å²) in [4.78, 5) is 27.0. The summed E-state index contributed by atoms with van der Waals surface area (Å²) in [5.41, 5.74) is 0.457. The third-order valence-electron chi connectivity index (χ3n) is 4.43. The zero-order chi connectivity index (χ0) is 17.3. The van der Waals surface area contributed by atoms with Crippen molar-refractivity contribution in [3.05, 3.63) is 22.2 Å². The largest absolute Gasteiger partial charge is 0.495 e. The molecule has 1 aromatic rings. The molecule has 24 heavy (non-hydrogen) atoms. The minimum Gasteiger partial charge on any atom is -0.495 e. The number of hydrogen-bond acceptors (Lipinski definition) is 4. The molecule has 0 bridgehead atoms. The average Bonchev–Trinajstić information content (AvgIpc) is 3.26. The van der Waals surface area contributed by atoms with Crippen molar-refractivity contribution in [3.63, 3.8) is 0 Å². The molecule has 1 saturated carbocycles. The molecule has 1 heterocycles. The number of hydrogen-bond donors (Lipinski definition) is 1. The Kier molecular flexibility index (Phi) is 4.99. The van der Waals surface area contributed by atoms with Crippen LogP contribution in [0.4, 0.5) is 0 Å². The van der Waals surface area contributed by atoms with Gasteiger partial charge in [-0.25, -0.2) is 0 Å². The Bertz CT molecular complexity index is 635. The first kappa shape index (κ1) is 17.1. The fourth-order valence-corrected chi connectivity index (χ4v) is 3.52. The highest BCUT2D eigenvalue weighted by atomic mass is 79.9. The highest BCUT2D eigenvalue weighted by Gasteiger charge is 2.37. The summed E-state index contributed by atoms with van der Waals surface area (Å²) in [6, 6.07) is 3.24. The van der Waals surface area contributed by atoms with Crippen molar-refractivity contribution in [2.75, 3.05) is 20.8 Å². The molecule has 2 amide bonds. The molecule has 2 aliphatic rings. The van der Waals surface area contributed by atoms with E-state index in [1.807, 2.05) is 0 Å². The van der Waals surface area contributed by atoms with E-state index < -0.39 is 6.04 Å². The number of methoxy groups -OCH3 is 2. The zero-order valence-electron chi connectivity index (χ0n) is 13.8. The normalized spacial score (nSPS) is 20.0. The third-order valence-corrected chi connectivity index (χ3v) is 5.21. The van der Waals surface area contributed by atoms with Crippen LogP contribution < -0.4 is 14.8 Å². The molecule has 7 heteroatoms. The molecule has 130 valence electrons. The van der Waals surface area contributed by atoms with Crippen LogP contribution in [-0.4, -0.2) is 49.6 Å². The Hall–Kier alpha value is -1.76. The second-order valence-corrected chi connectivity index (χ2v) is 6.93. The van der Waals surface area contributed by atoms with E-state index in [0.29, 0.717) is 40.5 Å². The summed E-state index contributed by atoms with van der Waals surface area (Å²) in [6.07, 6.45) is 3.61. The van der Waals surface area contributed by atoms with E-state index in [4.69, 9.17) is 9.47 Å². The standard InChI is InChI=1S/C17H21BrN2O4/c1-23-13-8-10(9-14(24-2)15(13)18)17(22)20-7-3-4-12(20)16(21)19-11-5-6-11/h8-9,11-12H,3-7H2,1-2H3,(H,19,21). The maximum Gasteiger partial charge on any atom is 0.254 e. The molecule has 1 N–H and O–H groups in total. The molecule has 6 nitrogen and oxygen atoms in total. The van der Waals surface area contributed by atoms with Crippen LogP contribution in [0.5, 0.6) is 11.5 Å². The van der Waals surface area contributed by atoms with Crippen LogP contribution in [0.25, 0.3) is 0 Å². The molecule has 1 aromatic carbocycles. The minimum absolute atomic E-state index is 0.0422. The summed E-state index contributed by atoms with van der Waals surface area (Å²) in [7, 11) is 3.07. The molecule has 1 saturated heterocycles. The van der Waals surface area contributed by atoms with Crippen molar-refractivity contribution < 1.29 is 19.1 Å². The van der Waals surface area contributed by atoms with Gasteiger partial charge in [0, 0.05) is 18.2 Å². The van der Waals surface area contributed by atoms with Gasteiger partial charge < -0.3 is 19.7 Å². The van der Waals surface area contributed by atoms with Crippen LogP contribution in [0.15, 0.2) is 16.6 Å². The zero-order valence-corrected chi connectivity index (χ0v) is 15.4. The van der Waals surface area contributed by atoms with Gasteiger partial charge in [-0.3, -0.25) is 9.59 Å². The molecule has 1 aliphatic heterocycles. The SMILES string of the molecule is COc1cc(C(=O)N2CCCC2C(=O)NC2CC2)cc(OC)c1Br. The van der Waals surface area contributed by atoms with Gasteiger partial charge in [-0.05, 0) is 53.7 Å². The fourth-order valence-electron chi connectivity index (χ4n) is 2.97. The van der Waals surface area contributed by atoms with Gasteiger partial charge in [-0.1, -0.05) is 0 Å². The first-order chi connectivity index (χ1) is 11.5. The molecule has 1 unspecified atom stereocenters. The number of nitrogens with one attached hydrogen (secondary N) is 1. The number of likely N-dealkylation sites (tertiary alicyclic amines) is 1. The number of amides is 2. The van der Waals surface area contributed by atoms with Gasteiger partial charge in [-0.2, -0.15) is 0 Å². The molecule has 2 fully saturated rings. The van der Waals surface area contributed by atoms with Crippen molar-refractivity contribution in [2.24, 2.45) is 0 Å². The molecule has 1 atom stereocenters. The molecular weight excluding hydrogens is 376 g/mol. The Morgan fingerprint density at radius 2 is 1.79 bits per heavy atom. The number of benzene rings is 1. The molecule has 0 aromatic heterocycles. The van der Waals surface area contributed by atoms with Gasteiger partial charge in [0.15, 0.2) is 0 Å². The number of carbonyl (C=O) groups excluding carboxylic acids is 2. The van der Waals surface area contributed by atoms with Crippen LogP contribution >= 0.6 is 15.9 Å². The lowest BCUT2D eigenvalue weighted by Crippen LogP contribution is -2.46. The first-order valence-electron chi connectivity index (χ1n) is 8.08. The summed E-state index contributed by atoms with van der Waals surface area (Å²) in [5.74, 6) is 0.832. The van der Waals surface area contributed by atoms with Crippen LogP contribution in [0.1, 0.15) is 36.0 Å². The summed E-state index contributed by atoms with van der Waals surface area (Å²) in [6.45, 7) is 0.586. The predicted octanol–water partition coefficient (Wildman–Crippen LogP) is 2.35. The van der Waals surface area contributed by atoms with Crippen molar-refractivity contribution in [2.45, 2.75) is 37.8 Å². The molecule has 1 aliphatic carbocycles. The summed E-state index contributed by atoms with van der Waals surface area (Å²) in [5, 5.41) is 3.00. The topological polar surface area (TPSA) is 67.9 Å². The van der Waals surface area contributed by atoms with E-state index >= 15 is 0 Å². The second-order valence-electron chi connectivity index (χ2n) is 6.13. The average molecular weight is 397 g/mol. The van der Waals surface area contributed by atoms with Crippen molar-refractivity contribution in [1.29, 1.82) is 0 Å². The van der Waals surface area contributed by atoms with Crippen molar-refractivity contribution >= 4 is 27.7 Å². The van der Waals surface area contributed by atoms with Gasteiger partial charge in [0.2, 0.25) is 5.91 Å². The van der Waals surface area contributed by atoms with Gasteiger partial charge in [-0.15, -0.1) is 0 Å². The quantitative estimate of drug-likeness (QED) is 0.829. The smallest absolute Gasteiger partial charge is 0.254 e. The van der Waals surface area contributed by atoms with E-state index in [1.165, 1.54) is 14.2 Å². The van der Waals surface area contributed by atoms with Gasteiger partial charge >= 0.3 is 0 Å². The minimum atomic E-state index is -0.390. The van der Waals surface area contributed by atoms with Crippen LogP contribution in [-0.2, 0) is 4.79 Å². The fraction of sp³-hybridized carbons (Fsp3) is 0.529. The lowest BCUT2D eigenvalue weighted by Gasteiger charge is -2.24. The van der Waals surface area contributed by atoms with Crippen LogP contribution in [0.3, 0.4) is 0 Å². The van der Waals surface area contributed by atoms with Crippen molar-refractivity contribution in [3.8, 4) is 11.5 Å². The summed E-state index contributed by atoms with van der Waals surface area (Å²) >= 11 is 3.40. The van der Waals surface area contributed by atoms with E-state index in [0.717, 1.165) is 19.3 Å². The Morgan fingerprint density at radius 1 is 1.17 bits per heavy atom. The predicted molar refractivity (Wildman–Crippen MR) is 92.5 cm³/mol. The molecular formula is C17H21BrN2O4. The van der Waals surface area contributed by atoms with Crippen molar-refractivity contribution in [1.82, 2.24) is 10.2 Å². The lowest BCUT2D eigenvalue weighted by molar-refractivity contribution is -0.125. The summed E-state index contributed by atoms with van der Waals surface area (Å²) < 4.78 is 11.3. The van der Waals surface area contributed by atoms with Gasteiger partial charge in [0.25, 0.3) is 5.91 Å². The molecule has 3 rings (SSSR count). The number of ether oxygens (including phenoxy) is 2. The monoisotopic (exact) mass is 396 g/mol. The van der Waals surface area contributed by atoms with Gasteiger partial charge in [0.05, 0.1) is 14.2 Å². The maximum atomic E-state index is 12.9.